The summed E-state index contributed by atoms with van der Waals surface area (Å²) in [5, 5.41) is 4.01. The normalized spacial score (nSPS) is 14.6. The number of benzene rings is 2. The van der Waals surface area contributed by atoms with Crippen LogP contribution in [0.5, 0.6) is 0 Å². The summed E-state index contributed by atoms with van der Waals surface area (Å²) in [6, 6.07) is 14.3. The van der Waals surface area contributed by atoms with E-state index < -0.39 is 15.9 Å². The number of fused-ring (bicyclic) bond motifs is 2. The summed E-state index contributed by atoms with van der Waals surface area (Å²) in [5.74, 6) is -0.723. The zero-order chi connectivity index (χ0) is 22.0. The summed E-state index contributed by atoms with van der Waals surface area (Å²) < 4.78 is 23.5. The highest BCUT2D eigenvalue weighted by Gasteiger charge is 2.36. The van der Waals surface area contributed by atoms with E-state index in [-0.39, 0.29) is 24.0 Å². The molecule has 4 rings (SSSR count). The van der Waals surface area contributed by atoms with Gasteiger partial charge in [0.2, 0.25) is 5.91 Å². The number of carbonyl (C=O) groups is 2. The molecule has 2 heterocycles. The first kappa shape index (κ1) is 21.1. The van der Waals surface area contributed by atoms with Crippen molar-refractivity contribution in [3.05, 3.63) is 71.4 Å². The molecule has 3 aromatic rings. The fourth-order valence-electron chi connectivity index (χ4n) is 4.06. The van der Waals surface area contributed by atoms with Crippen molar-refractivity contribution in [2.75, 3.05) is 18.6 Å². The Bertz CT molecular complexity index is 1230. The highest BCUT2D eigenvalue weighted by molar-refractivity contribution is 7.90. The summed E-state index contributed by atoms with van der Waals surface area (Å²) in [6.07, 6.45) is 3.76. The van der Waals surface area contributed by atoms with Crippen LogP contribution in [-0.4, -0.2) is 54.7 Å². The van der Waals surface area contributed by atoms with Gasteiger partial charge in [-0.05, 0) is 36.1 Å². The lowest BCUT2D eigenvalue weighted by Gasteiger charge is -2.26. The maximum Gasteiger partial charge on any atom is 0.255 e. The molecule has 2 amide bonds. The van der Waals surface area contributed by atoms with Gasteiger partial charge in [-0.15, -0.1) is 0 Å². The Kier molecular flexibility index (Phi) is 5.82. The number of nitrogens with one attached hydrogen (secondary N) is 2. The lowest BCUT2D eigenvalue weighted by Crippen LogP contribution is -2.48. The molecule has 1 atom stereocenters. The highest BCUT2D eigenvalue weighted by atomic mass is 32.2. The second-order valence-corrected chi connectivity index (χ2v) is 10.2. The van der Waals surface area contributed by atoms with Gasteiger partial charge in [0.1, 0.15) is 15.9 Å². The van der Waals surface area contributed by atoms with Crippen LogP contribution in [0.25, 0.3) is 10.9 Å². The van der Waals surface area contributed by atoms with Crippen molar-refractivity contribution in [2.24, 2.45) is 0 Å². The molecule has 0 saturated carbocycles. The van der Waals surface area contributed by atoms with Gasteiger partial charge in [0.25, 0.3) is 5.91 Å². The lowest BCUT2D eigenvalue weighted by atomic mass is 10.1. The predicted octanol–water partition coefficient (Wildman–Crippen LogP) is 2.29. The van der Waals surface area contributed by atoms with Gasteiger partial charge in [0.05, 0.1) is 5.75 Å². The van der Waals surface area contributed by atoms with E-state index in [0.717, 1.165) is 28.3 Å². The van der Waals surface area contributed by atoms with Crippen molar-refractivity contribution < 1.29 is 18.0 Å². The maximum absolute atomic E-state index is 13.0. The summed E-state index contributed by atoms with van der Waals surface area (Å²) >= 11 is 0. The molecule has 0 saturated heterocycles. The minimum absolute atomic E-state index is 0.0669. The molecule has 8 heteroatoms. The monoisotopic (exact) mass is 439 g/mol. The van der Waals surface area contributed by atoms with Gasteiger partial charge in [-0.1, -0.05) is 36.4 Å². The number of carbonyl (C=O) groups excluding carboxylic acids is 2. The third-order valence-electron chi connectivity index (χ3n) is 5.66. The number of sulfone groups is 1. The second-order valence-electron chi connectivity index (χ2n) is 7.93. The first-order valence-electron chi connectivity index (χ1n) is 10.2. The molecule has 0 bridgehead atoms. The molecule has 1 aliphatic heterocycles. The number of H-pyrrole nitrogens is 1. The van der Waals surface area contributed by atoms with Crippen LogP contribution >= 0.6 is 0 Å². The predicted molar refractivity (Wildman–Crippen MR) is 119 cm³/mol. The largest absolute Gasteiger partial charge is 0.361 e. The van der Waals surface area contributed by atoms with E-state index in [1.807, 2.05) is 42.6 Å². The van der Waals surface area contributed by atoms with Crippen molar-refractivity contribution in [1.82, 2.24) is 15.2 Å². The molecule has 0 radical (unpaired) electrons. The molecule has 0 spiro atoms. The van der Waals surface area contributed by atoms with E-state index in [4.69, 9.17) is 0 Å². The molecular weight excluding hydrogens is 414 g/mol. The fraction of sp³-hybridized carbons (Fsp3) is 0.304. The molecular formula is C23H25N3O4S. The Labute approximate surface area is 181 Å². The first-order chi connectivity index (χ1) is 14.8. The van der Waals surface area contributed by atoms with Crippen LogP contribution in [0.3, 0.4) is 0 Å². The van der Waals surface area contributed by atoms with Gasteiger partial charge in [0, 0.05) is 42.0 Å². The van der Waals surface area contributed by atoms with Crippen LogP contribution in [0.2, 0.25) is 0 Å². The molecule has 0 fully saturated rings. The Morgan fingerprint density at radius 2 is 1.90 bits per heavy atom. The first-order valence-corrected chi connectivity index (χ1v) is 12.3. The minimum atomic E-state index is -3.27. The Morgan fingerprint density at radius 3 is 2.68 bits per heavy atom. The third kappa shape index (κ3) is 4.64. The number of para-hydroxylation sites is 1. The number of amides is 2. The van der Waals surface area contributed by atoms with Crippen LogP contribution in [-0.2, 0) is 27.6 Å². The van der Waals surface area contributed by atoms with Crippen molar-refractivity contribution in [3.8, 4) is 0 Å². The van der Waals surface area contributed by atoms with Gasteiger partial charge in [-0.3, -0.25) is 9.59 Å². The molecule has 1 aliphatic rings. The summed E-state index contributed by atoms with van der Waals surface area (Å²) in [4.78, 5) is 30.6. The second kappa shape index (κ2) is 8.55. The van der Waals surface area contributed by atoms with Crippen molar-refractivity contribution in [1.29, 1.82) is 0 Å². The van der Waals surface area contributed by atoms with E-state index in [9.17, 15) is 18.0 Å². The molecule has 162 valence electrons. The minimum Gasteiger partial charge on any atom is -0.361 e. The SMILES string of the molecule is CS(=O)(=O)CCC(C(=O)NCCc1c[nH]c2ccccc12)N1Cc2ccccc2C1=O. The topological polar surface area (TPSA) is 99.3 Å². The van der Waals surface area contributed by atoms with Crippen LogP contribution in [0.1, 0.15) is 27.9 Å². The number of hydrogen-bond donors (Lipinski definition) is 2. The standard InChI is InChI=1S/C23H25N3O4S/c1-31(29,30)13-11-21(26-15-17-6-2-3-8-19(17)23(26)28)22(27)24-12-10-16-14-25-20-9-5-4-7-18(16)20/h2-9,14,21,25H,10-13,15H2,1H3,(H,24,27). The van der Waals surface area contributed by atoms with E-state index in [1.165, 1.54) is 4.90 Å². The Balaban J connectivity index is 1.46. The van der Waals surface area contributed by atoms with Gasteiger partial charge < -0.3 is 15.2 Å². The molecule has 1 unspecified atom stereocenters. The average molecular weight is 440 g/mol. The van der Waals surface area contributed by atoms with Crippen LogP contribution in [0.15, 0.2) is 54.7 Å². The molecule has 1 aromatic heterocycles. The van der Waals surface area contributed by atoms with Crippen LogP contribution in [0, 0.1) is 0 Å². The third-order valence-corrected chi connectivity index (χ3v) is 6.64. The van der Waals surface area contributed by atoms with Crippen molar-refractivity contribution in [3.63, 3.8) is 0 Å². The van der Waals surface area contributed by atoms with Gasteiger partial charge in [-0.25, -0.2) is 8.42 Å². The van der Waals surface area contributed by atoms with Crippen LogP contribution < -0.4 is 5.32 Å². The molecule has 2 aromatic carbocycles. The van der Waals surface area contributed by atoms with E-state index in [2.05, 4.69) is 10.3 Å². The molecule has 7 nitrogen and oxygen atoms in total. The molecule has 31 heavy (non-hydrogen) atoms. The summed E-state index contributed by atoms with van der Waals surface area (Å²) in [5.41, 5.74) is 3.55. The smallest absolute Gasteiger partial charge is 0.255 e. The highest BCUT2D eigenvalue weighted by Crippen LogP contribution is 2.26. The van der Waals surface area contributed by atoms with E-state index in [1.54, 1.807) is 12.1 Å². The number of nitrogens with zero attached hydrogens (tertiary/aromatic N) is 1. The number of aromatic amines is 1. The average Bonchev–Trinajstić information content (AvgIpc) is 3.29. The zero-order valence-corrected chi connectivity index (χ0v) is 18.1. The summed E-state index contributed by atoms with van der Waals surface area (Å²) in [6.45, 7) is 0.699. The van der Waals surface area contributed by atoms with E-state index >= 15 is 0 Å². The maximum atomic E-state index is 13.0. The Morgan fingerprint density at radius 1 is 1.16 bits per heavy atom. The number of aromatic nitrogens is 1. The molecule has 0 aliphatic carbocycles. The van der Waals surface area contributed by atoms with Gasteiger partial charge in [0.15, 0.2) is 0 Å². The summed E-state index contributed by atoms with van der Waals surface area (Å²) in [7, 11) is -3.27. The number of rotatable bonds is 8. The molecule has 2 N–H and O–H groups in total. The van der Waals surface area contributed by atoms with E-state index in [0.29, 0.717) is 25.1 Å². The van der Waals surface area contributed by atoms with Crippen molar-refractivity contribution >= 4 is 32.6 Å². The van der Waals surface area contributed by atoms with Crippen LogP contribution in [0.4, 0.5) is 0 Å². The van der Waals surface area contributed by atoms with Gasteiger partial charge in [-0.2, -0.15) is 0 Å². The quantitative estimate of drug-likeness (QED) is 0.562. The fourth-order valence-corrected chi connectivity index (χ4v) is 4.71. The number of hydrogen-bond acceptors (Lipinski definition) is 4. The Hall–Kier alpha value is -3.13. The van der Waals surface area contributed by atoms with Crippen molar-refractivity contribution in [2.45, 2.75) is 25.4 Å². The van der Waals surface area contributed by atoms with Gasteiger partial charge >= 0.3 is 0 Å². The zero-order valence-electron chi connectivity index (χ0n) is 17.3. The lowest BCUT2D eigenvalue weighted by molar-refractivity contribution is -0.125.